The lowest BCUT2D eigenvalue weighted by atomic mass is 9.95. The number of aliphatic imine (C=N–C) groups is 1. The molecule has 34 heavy (non-hydrogen) atoms. The first-order chi connectivity index (χ1) is 16.3. The van der Waals surface area contributed by atoms with Gasteiger partial charge in [0.15, 0.2) is 0 Å². The monoisotopic (exact) mass is 484 g/mol. The molecule has 0 bridgehead atoms. The van der Waals surface area contributed by atoms with Crippen LogP contribution in [0.25, 0.3) is 0 Å². The van der Waals surface area contributed by atoms with Crippen molar-refractivity contribution in [3.05, 3.63) is 41.5 Å². The van der Waals surface area contributed by atoms with E-state index >= 15 is 0 Å². The third-order valence-corrected chi connectivity index (χ3v) is 8.45. The average Bonchev–Trinajstić information content (AvgIpc) is 3.24. The highest BCUT2D eigenvalue weighted by Gasteiger charge is 2.36. The summed E-state index contributed by atoms with van der Waals surface area (Å²) < 4.78 is 29.8. The van der Waals surface area contributed by atoms with Gasteiger partial charge in [-0.3, -0.25) is 14.5 Å². The molecule has 2 aromatic rings. The maximum Gasteiger partial charge on any atom is 0.263 e. The van der Waals surface area contributed by atoms with Crippen LogP contribution in [0.1, 0.15) is 69.1 Å². The zero-order valence-electron chi connectivity index (χ0n) is 19.8. The van der Waals surface area contributed by atoms with E-state index in [0.29, 0.717) is 18.7 Å². The highest BCUT2D eigenvalue weighted by atomic mass is 32.2. The number of piperidine rings is 1. The number of aromatic nitrogens is 3. The van der Waals surface area contributed by atoms with Gasteiger partial charge < -0.3 is 9.47 Å². The van der Waals surface area contributed by atoms with Crippen molar-refractivity contribution in [3.8, 4) is 0 Å². The Bertz CT molecular complexity index is 1220. The molecule has 0 saturated carbocycles. The zero-order chi connectivity index (χ0) is 23.9. The molecule has 4 heterocycles. The maximum atomic E-state index is 13.7. The van der Waals surface area contributed by atoms with E-state index in [1.54, 1.807) is 24.3 Å². The van der Waals surface area contributed by atoms with Crippen molar-refractivity contribution in [2.24, 2.45) is 10.9 Å². The number of hydrogen-bond acceptors (Lipinski definition) is 6. The maximum absolute atomic E-state index is 13.7. The van der Waals surface area contributed by atoms with Crippen LogP contribution < -0.4 is 4.72 Å². The summed E-state index contributed by atoms with van der Waals surface area (Å²) in [5.41, 5.74) is 0.517. The molecule has 1 fully saturated rings. The van der Waals surface area contributed by atoms with Gasteiger partial charge in [0.1, 0.15) is 23.5 Å². The second kappa shape index (κ2) is 9.13. The summed E-state index contributed by atoms with van der Waals surface area (Å²) in [6.45, 7) is 6.10. The van der Waals surface area contributed by atoms with Crippen LogP contribution in [0.15, 0.2) is 34.2 Å². The normalized spacial score (nSPS) is 23.8. The van der Waals surface area contributed by atoms with Gasteiger partial charge in [0.05, 0.1) is 4.90 Å². The number of nitrogens with zero attached hydrogens (tertiary/aromatic N) is 5. The summed E-state index contributed by atoms with van der Waals surface area (Å²) in [4.78, 5) is 20.4. The fourth-order valence-corrected chi connectivity index (χ4v) is 6.48. The van der Waals surface area contributed by atoms with Crippen molar-refractivity contribution in [2.45, 2.75) is 75.8 Å². The predicted molar refractivity (Wildman–Crippen MR) is 128 cm³/mol. The molecular weight excluding hydrogens is 452 g/mol. The Hall–Kier alpha value is -2.75. The molecule has 0 spiro atoms. The molecule has 182 valence electrons. The molecule has 2 atom stereocenters. The number of likely N-dealkylation sites (tertiary alicyclic amines) is 1. The summed E-state index contributed by atoms with van der Waals surface area (Å²) >= 11 is 0. The summed E-state index contributed by atoms with van der Waals surface area (Å²) in [5, 5.41) is 8.98. The minimum atomic E-state index is -3.65. The fourth-order valence-electron chi connectivity index (χ4n) is 5.24. The molecule has 1 N–H and O–H groups in total. The van der Waals surface area contributed by atoms with Gasteiger partial charge in [-0.1, -0.05) is 32.4 Å². The largest absolute Gasteiger partial charge is 0.340 e. The lowest BCUT2D eigenvalue weighted by Crippen LogP contribution is -2.46. The molecule has 3 aliphatic rings. The highest BCUT2D eigenvalue weighted by molar-refractivity contribution is 7.90. The minimum absolute atomic E-state index is 0.0635. The van der Waals surface area contributed by atoms with E-state index in [1.165, 1.54) is 6.42 Å². The molecule has 1 aromatic heterocycles. The first kappa shape index (κ1) is 23.0. The number of amidine groups is 1. The molecule has 9 nitrogen and oxygen atoms in total. The molecule has 0 aliphatic carbocycles. The molecule has 3 aliphatic heterocycles. The number of nitrogens with one attached hydrogen (secondary N) is 1. The van der Waals surface area contributed by atoms with Gasteiger partial charge in [-0.25, -0.2) is 8.42 Å². The molecular formula is C24H32N6O3S. The van der Waals surface area contributed by atoms with Crippen molar-refractivity contribution in [1.29, 1.82) is 0 Å². The number of amides is 1. The molecule has 5 rings (SSSR count). The van der Waals surface area contributed by atoms with Gasteiger partial charge in [0.2, 0.25) is 5.91 Å². The average molecular weight is 485 g/mol. The number of carbonyl (C=O) groups excluding carboxylic acids is 1. The van der Waals surface area contributed by atoms with Gasteiger partial charge in [-0.15, -0.1) is 10.2 Å². The quantitative estimate of drug-likeness (QED) is 0.717. The smallest absolute Gasteiger partial charge is 0.263 e. The van der Waals surface area contributed by atoms with Crippen molar-refractivity contribution < 1.29 is 13.2 Å². The molecule has 1 unspecified atom stereocenters. The predicted octanol–water partition coefficient (Wildman–Crippen LogP) is 2.47. The molecule has 1 amide bonds. The number of hydrogen-bond donors (Lipinski definition) is 1. The summed E-state index contributed by atoms with van der Waals surface area (Å²) in [5.74, 6) is 2.32. The van der Waals surface area contributed by atoms with Crippen molar-refractivity contribution in [1.82, 2.24) is 24.4 Å². The molecule has 1 aromatic carbocycles. The lowest BCUT2D eigenvalue weighted by molar-refractivity contribution is -0.134. The number of aryl methyl sites for hydroxylation is 1. The molecule has 1 saturated heterocycles. The summed E-state index contributed by atoms with van der Waals surface area (Å²) in [6, 6.07) is 6.08. The number of rotatable bonds is 4. The summed E-state index contributed by atoms with van der Waals surface area (Å²) in [7, 11) is -3.65. The van der Waals surface area contributed by atoms with Crippen molar-refractivity contribution >= 4 is 21.8 Å². The minimum Gasteiger partial charge on any atom is -0.340 e. The highest BCUT2D eigenvalue weighted by Crippen LogP contribution is 2.30. The topological polar surface area (TPSA) is 110 Å². The Morgan fingerprint density at radius 2 is 1.94 bits per heavy atom. The van der Waals surface area contributed by atoms with Crippen LogP contribution in [-0.2, 0) is 27.8 Å². The SMILES string of the molecule is CC(C)[C@H](N=C1NS(=O)(=O)c2ccccc21)C(=O)N1CCCC(c2nnc3n2CCCCC3)C1. The van der Waals surface area contributed by atoms with Crippen LogP contribution in [0, 0.1) is 5.92 Å². The van der Waals surface area contributed by atoms with Crippen LogP contribution in [-0.4, -0.2) is 59.0 Å². The van der Waals surface area contributed by atoms with Gasteiger partial charge >= 0.3 is 0 Å². The van der Waals surface area contributed by atoms with E-state index < -0.39 is 16.1 Å². The number of carbonyl (C=O) groups is 1. The zero-order valence-corrected chi connectivity index (χ0v) is 20.6. The number of fused-ring (bicyclic) bond motifs is 2. The Morgan fingerprint density at radius 3 is 2.76 bits per heavy atom. The third-order valence-electron chi connectivity index (χ3n) is 7.05. The first-order valence-electron chi connectivity index (χ1n) is 12.3. The molecule has 10 heteroatoms. The standard InChI is InChI=1S/C24H32N6O3S/c1-16(2)21(25-22-18-10-5-6-11-19(18)34(32,33)28-22)24(31)29-13-8-9-17(15-29)23-27-26-20-12-4-3-7-14-30(20)23/h5-6,10-11,16-17,21H,3-4,7-9,12-15H2,1-2H3,(H,25,28)/t17?,21-/m0/s1. The first-order valence-corrected chi connectivity index (χ1v) is 13.7. The van der Waals surface area contributed by atoms with E-state index in [1.807, 2.05) is 18.7 Å². The van der Waals surface area contributed by atoms with Crippen molar-refractivity contribution in [2.75, 3.05) is 13.1 Å². The van der Waals surface area contributed by atoms with E-state index in [9.17, 15) is 13.2 Å². The Morgan fingerprint density at radius 1 is 1.12 bits per heavy atom. The molecule has 0 radical (unpaired) electrons. The lowest BCUT2D eigenvalue weighted by Gasteiger charge is -2.34. The van der Waals surface area contributed by atoms with Crippen LogP contribution in [0.3, 0.4) is 0 Å². The Kier molecular flexibility index (Phi) is 6.18. The number of sulfonamides is 1. The van der Waals surface area contributed by atoms with Crippen LogP contribution in [0.5, 0.6) is 0 Å². The van der Waals surface area contributed by atoms with E-state index in [0.717, 1.165) is 50.3 Å². The van der Waals surface area contributed by atoms with Crippen LogP contribution in [0.4, 0.5) is 0 Å². The second-order valence-electron chi connectivity index (χ2n) is 9.83. The van der Waals surface area contributed by atoms with E-state index in [2.05, 4.69) is 24.5 Å². The van der Waals surface area contributed by atoms with Gasteiger partial charge in [0, 0.05) is 37.5 Å². The number of benzene rings is 1. The van der Waals surface area contributed by atoms with Crippen molar-refractivity contribution in [3.63, 3.8) is 0 Å². The Balaban J connectivity index is 1.39. The van der Waals surface area contributed by atoms with Crippen LogP contribution in [0.2, 0.25) is 0 Å². The van der Waals surface area contributed by atoms with Gasteiger partial charge in [-0.05, 0) is 43.7 Å². The fraction of sp³-hybridized carbons (Fsp3) is 0.583. The van der Waals surface area contributed by atoms with Gasteiger partial charge in [0.25, 0.3) is 10.0 Å². The van der Waals surface area contributed by atoms with E-state index in [-0.39, 0.29) is 28.5 Å². The van der Waals surface area contributed by atoms with E-state index in [4.69, 9.17) is 0 Å². The van der Waals surface area contributed by atoms with Crippen LogP contribution >= 0.6 is 0 Å². The second-order valence-corrected chi connectivity index (χ2v) is 11.5. The third kappa shape index (κ3) is 4.23. The summed E-state index contributed by atoms with van der Waals surface area (Å²) in [6.07, 6.45) is 6.34. The van der Waals surface area contributed by atoms with Gasteiger partial charge in [-0.2, -0.15) is 0 Å². The Labute approximate surface area is 200 Å².